The first kappa shape index (κ1) is 16.9. The van der Waals surface area contributed by atoms with Gasteiger partial charge in [-0.2, -0.15) is 5.26 Å². The van der Waals surface area contributed by atoms with E-state index in [1.807, 2.05) is 37.3 Å². The van der Waals surface area contributed by atoms with E-state index in [0.717, 1.165) is 37.2 Å². The first-order valence-electron chi connectivity index (χ1n) is 7.95. The fraction of sp³-hybridized carbons (Fsp3) is 0.444. The molecule has 1 heterocycles. The summed E-state index contributed by atoms with van der Waals surface area (Å²) < 4.78 is 5.13. The number of nitriles is 1. The van der Waals surface area contributed by atoms with Crippen molar-refractivity contribution in [1.82, 2.24) is 10.2 Å². The van der Waals surface area contributed by atoms with Gasteiger partial charge in [0, 0.05) is 19.3 Å². The van der Waals surface area contributed by atoms with Crippen LogP contribution in [0.15, 0.2) is 36.0 Å². The Kier molecular flexibility index (Phi) is 6.04. The molecule has 2 rings (SSSR count). The third kappa shape index (κ3) is 4.75. The average Bonchev–Trinajstić information content (AvgIpc) is 2.60. The number of piperidine rings is 1. The number of ether oxygens (including phenoxy) is 1. The normalized spacial score (nSPS) is 16.4. The highest BCUT2D eigenvalue weighted by Gasteiger charge is 2.16. The molecule has 0 aliphatic carbocycles. The van der Waals surface area contributed by atoms with Gasteiger partial charge in [-0.05, 0) is 43.9 Å². The summed E-state index contributed by atoms with van der Waals surface area (Å²) in [6, 6.07) is 9.36. The topological polar surface area (TPSA) is 65.4 Å². The van der Waals surface area contributed by atoms with Gasteiger partial charge < -0.3 is 15.0 Å². The number of rotatable bonds is 5. The SMILES string of the molecule is COc1ccc(C(C)NC(=O)/C(C#N)=C\N2CCCCC2)cc1. The van der Waals surface area contributed by atoms with Gasteiger partial charge in [0.15, 0.2) is 0 Å². The van der Waals surface area contributed by atoms with E-state index in [-0.39, 0.29) is 17.5 Å². The van der Waals surface area contributed by atoms with Crippen LogP contribution < -0.4 is 10.1 Å². The predicted molar refractivity (Wildman–Crippen MR) is 88.7 cm³/mol. The van der Waals surface area contributed by atoms with Gasteiger partial charge in [-0.1, -0.05) is 12.1 Å². The van der Waals surface area contributed by atoms with E-state index in [1.165, 1.54) is 6.42 Å². The summed E-state index contributed by atoms with van der Waals surface area (Å²) in [5, 5.41) is 12.1. The Balaban J connectivity index is 2.00. The number of carbonyl (C=O) groups excluding carboxylic acids is 1. The molecule has 1 atom stereocenters. The van der Waals surface area contributed by atoms with E-state index in [2.05, 4.69) is 10.2 Å². The van der Waals surface area contributed by atoms with Crippen LogP contribution in [0.3, 0.4) is 0 Å². The molecule has 0 saturated carbocycles. The summed E-state index contributed by atoms with van der Waals surface area (Å²) in [5.74, 6) is 0.441. The van der Waals surface area contributed by atoms with Gasteiger partial charge in [0.2, 0.25) is 0 Å². The van der Waals surface area contributed by atoms with Crippen molar-refractivity contribution in [2.75, 3.05) is 20.2 Å². The van der Waals surface area contributed by atoms with E-state index < -0.39 is 0 Å². The molecule has 1 N–H and O–H groups in total. The molecule has 1 unspecified atom stereocenters. The first-order valence-corrected chi connectivity index (χ1v) is 7.95. The number of amides is 1. The van der Waals surface area contributed by atoms with Gasteiger partial charge in [-0.15, -0.1) is 0 Å². The van der Waals surface area contributed by atoms with Crippen molar-refractivity contribution < 1.29 is 9.53 Å². The third-order valence-corrected chi connectivity index (χ3v) is 4.03. The monoisotopic (exact) mass is 313 g/mol. The van der Waals surface area contributed by atoms with Crippen LogP contribution in [-0.2, 0) is 4.79 Å². The highest BCUT2D eigenvalue weighted by molar-refractivity contribution is 5.97. The number of benzene rings is 1. The second kappa shape index (κ2) is 8.23. The summed E-state index contributed by atoms with van der Waals surface area (Å²) in [7, 11) is 1.62. The smallest absolute Gasteiger partial charge is 0.263 e. The number of methoxy groups -OCH3 is 1. The molecule has 122 valence electrons. The van der Waals surface area contributed by atoms with Crippen LogP contribution in [0.4, 0.5) is 0 Å². The predicted octanol–water partition coefficient (Wildman–Crippen LogP) is 2.77. The van der Waals surface area contributed by atoms with Gasteiger partial charge in [0.05, 0.1) is 13.2 Å². The lowest BCUT2D eigenvalue weighted by atomic mass is 10.1. The maximum Gasteiger partial charge on any atom is 0.263 e. The first-order chi connectivity index (χ1) is 11.1. The van der Waals surface area contributed by atoms with Gasteiger partial charge in [0.1, 0.15) is 17.4 Å². The van der Waals surface area contributed by atoms with Crippen LogP contribution in [0.2, 0.25) is 0 Å². The molecule has 0 radical (unpaired) electrons. The molecular weight excluding hydrogens is 290 g/mol. The van der Waals surface area contributed by atoms with E-state index in [9.17, 15) is 10.1 Å². The molecular formula is C18H23N3O2. The molecule has 0 aromatic heterocycles. The minimum Gasteiger partial charge on any atom is -0.497 e. The summed E-state index contributed by atoms with van der Waals surface area (Å²) in [4.78, 5) is 14.4. The van der Waals surface area contributed by atoms with Crippen molar-refractivity contribution in [2.24, 2.45) is 0 Å². The lowest BCUT2D eigenvalue weighted by Crippen LogP contribution is -2.30. The molecule has 1 aliphatic rings. The molecule has 1 aromatic rings. The Labute approximate surface area is 137 Å². The highest BCUT2D eigenvalue weighted by Crippen LogP contribution is 2.18. The van der Waals surface area contributed by atoms with Gasteiger partial charge in [-0.25, -0.2) is 0 Å². The fourth-order valence-electron chi connectivity index (χ4n) is 2.62. The van der Waals surface area contributed by atoms with Crippen molar-refractivity contribution in [3.63, 3.8) is 0 Å². The Morgan fingerprint density at radius 2 is 1.96 bits per heavy atom. The number of nitrogens with one attached hydrogen (secondary N) is 1. The molecule has 1 fully saturated rings. The van der Waals surface area contributed by atoms with Gasteiger partial charge in [0.25, 0.3) is 5.91 Å². The molecule has 1 amide bonds. The number of hydrogen-bond acceptors (Lipinski definition) is 4. The van der Waals surface area contributed by atoms with Crippen molar-refractivity contribution in [3.05, 3.63) is 41.6 Å². The van der Waals surface area contributed by atoms with Crippen LogP contribution in [0.5, 0.6) is 5.75 Å². The Bertz CT molecular complexity index is 596. The number of hydrogen-bond donors (Lipinski definition) is 1. The highest BCUT2D eigenvalue weighted by atomic mass is 16.5. The Hall–Kier alpha value is -2.48. The van der Waals surface area contributed by atoms with Crippen molar-refractivity contribution in [3.8, 4) is 11.8 Å². The number of likely N-dealkylation sites (tertiary alicyclic amines) is 1. The number of nitrogens with zero attached hydrogens (tertiary/aromatic N) is 2. The second-order valence-electron chi connectivity index (χ2n) is 5.72. The molecule has 23 heavy (non-hydrogen) atoms. The zero-order valence-corrected chi connectivity index (χ0v) is 13.7. The summed E-state index contributed by atoms with van der Waals surface area (Å²) in [6.07, 6.45) is 5.13. The van der Waals surface area contributed by atoms with E-state index in [0.29, 0.717) is 0 Å². The van der Waals surface area contributed by atoms with E-state index in [4.69, 9.17) is 4.74 Å². The Morgan fingerprint density at radius 1 is 1.30 bits per heavy atom. The van der Waals surface area contributed by atoms with Crippen LogP contribution in [0, 0.1) is 11.3 Å². The van der Waals surface area contributed by atoms with Crippen LogP contribution in [0.25, 0.3) is 0 Å². The maximum atomic E-state index is 12.3. The maximum absolute atomic E-state index is 12.3. The molecule has 1 saturated heterocycles. The van der Waals surface area contributed by atoms with E-state index >= 15 is 0 Å². The second-order valence-corrected chi connectivity index (χ2v) is 5.72. The summed E-state index contributed by atoms with van der Waals surface area (Å²) >= 11 is 0. The lowest BCUT2D eigenvalue weighted by molar-refractivity contribution is -0.117. The van der Waals surface area contributed by atoms with Crippen LogP contribution in [0.1, 0.15) is 37.8 Å². The molecule has 5 nitrogen and oxygen atoms in total. The minimum atomic E-state index is -0.332. The quantitative estimate of drug-likeness (QED) is 0.670. The van der Waals surface area contributed by atoms with Crippen molar-refractivity contribution >= 4 is 5.91 Å². The zero-order valence-electron chi connectivity index (χ0n) is 13.7. The molecule has 0 spiro atoms. The summed E-state index contributed by atoms with van der Waals surface area (Å²) in [6.45, 7) is 3.72. The van der Waals surface area contributed by atoms with Gasteiger partial charge in [-0.3, -0.25) is 4.79 Å². The number of carbonyl (C=O) groups is 1. The van der Waals surface area contributed by atoms with Gasteiger partial charge >= 0.3 is 0 Å². The standard InChI is InChI=1S/C18H23N3O2/c1-14(15-6-8-17(23-2)9-7-15)20-18(22)16(12-19)13-21-10-4-3-5-11-21/h6-9,13-14H,3-5,10-11H2,1-2H3,(H,20,22)/b16-13-. The largest absolute Gasteiger partial charge is 0.497 e. The van der Waals surface area contributed by atoms with Crippen molar-refractivity contribution in [1.29, 1.82) is 5.26 Å². The molecule has 1 aliphatic heterocycles. The molecule has 5 heteroatoms. The minimum absolute atomic E-state index is 0.160. The third-order valence-electron chi connectivity index (χ3n) is 4.03. The van der Waals surface area contributed by atoms with Crippen molar-refractivity contribution in [2.45, 2.75) is 32.2 Å². The molecule has 0 bridgehead atoms. The average molecular weight is 313 g/mol. The summed E-state index contributed by atoms with van der Waals surface area (Å²) in [5.41, 5.74) is 1.13. The molecule has 1 aromatic carbocycles. The zero-order chi connectivity index (χ0) is 16.7. The van der Waals surface area contributed by atoms with E-state index in [1.54, 1.807) is 13.3 Å². The fourth-order valence-corrected chi connectivity index (χ4v) is 2.62. The lowest BCUT2D eigenvalue weighted by Gasteiger charge is -2.25. The van der Waals surface area contributed by atoms with Crippen LogP contribution in [-0.4, -0.2) is 31.0 Å². The Morgan fingerprint density at radius 3 is 2.52 bits per heavy atom. The van der Waals surface area contributed by atoms with Crippen LogP contribution >= 0.6 is 0 Å².